The Kier molecular flexibility index (Phi) is 7.72. The summed E-state index contributed by atoms with van der Waals surface area (Å²) in [4.78, 5) is 17.2. The minimum atomic E-state index is 0.391. The van der Waals surface area contributed by atoms with Gasteiger partial charge in [-0.1, -0.05) is 30.3 Å². The summed E-state index contributed by atoms with van der Waals surface area (Å²) in [6.07, 6.45) is 3.30. The van der Waals surface area contributed by atoms with E-state index in [1.807, 2.05) is 30.3 Å². The van der Waals surface area contributed by atoms with E-state index < -0.39 is 0 Å². The van der Waals surface area contributed by atoms with E-state index in [1.165, 1.54) is 0 Å². The van der Waals surface area contributed by atoms with Crippen LogP contribution in [0, 0.1) is 0 Å². The maximum absolute atomic E-state index is 6.21. The van der Waals surface area contributed by atoms with Crippen molar-refractivity contribution in [2.45, 2.75) is 31.9 Å². The highest BCUT2D eigenvalue weighted by molar-refractivity contribution is 5.93. The molecule has 2 fully saturated rings. The molecule has 2 aliphatic rings. The first kappa shape index (κ1) is 24.6. The van der Waals surface area contributed by atoms with Gasteiger partial charge in [0.1, 0.15) is 12.4 Å². The fourth-order valence-corrected chi connectivity index (χ4v) is 4.98. The van der Waals surface area contributed by atoms with Crippen molar-refractivity contribution in [2.75, 3.05) is 70.7 Å². The molecule has 1 aromatic heterocycles. The topological polar surface area (TPSA) is 66.0 Å². The lowest BCUT2D eigenvalue weighted by atomic mass is 10.1. The number of piperidine rings is 1. The molecule has 0 spiro atoms. The second kappa shape index (κ2) is 11.3. The number of likely N-dealkylation sites (N-methyl/N-ethyl adjacent to an activating group) is 1. The number of nitrogens with one attached hydrogen (secondary N) is 1. The average Bonchev–Trinajstić information content (AvgIpc) is 3.13. The summed E-state index contributed by atoms with van der Waals surface area (Å²) in [7, 11) is 6.05. The van der Waals surface area contributed by atoms with E-state index in [0.717, 1.165) is 86.8 Å². The van der Waals surface area contributed by atoms with Crippen molar-refractivity contribution in [2.24, 2.45) is 0 Å². The molecule has 1 N–H and O–H groups in total. The van der Waals surface area contributed by atoms with Gasteiger partial charge in [-0.25, -0.2) is 4.98 Å². The second-order valence-corrected chi connectivity index (χ2v) is 10.0. The van der Waals surface area contributed by atoms with E-state index in [2.05, 4.69) is 46.2 Å². The quantitative estimate of drug-likeness (QED) is 0.536. The SMILES string of the molecule is COc1cc2c(NC3CCN(C)CC3)nc(N3CCCN(C)CC3)nc2cc1OCc1ccccc1. The normalized spacial score (nSPS) is 18.2. The average molecular weight is 491 g/mol. The Labute approximate surface area is 214 Å². The molecule has 2 saturated heterocycles. The zero-order chi connectivity index (χ0) is 24.9. The Morgan fingerprint density at radius 3 is 2.44 bits per heavy atom. The first-order valence-electron chi connectivity index (χ1n) is 13.0. The molecule has 0 saturated carbocycles. The Morgan fingerprint density at radius 1 is 0.889 bits per heavy atom. The van der Waals surface area contributed by atoms with Crippen LogP contribution in [0.5, 0.6) is 11.5 Å². The molecule has 2 aliphatic heterocycles. The van der Waals surface area contributed by atoms with Gasteiger partial charge in [-0.3, -0.25) is 0 Å². The molecule has 2 aromatic carbocycles. The van der Waals surface area contributed by atoms with Crippen LogP contribution in [0.1, 0.15) is 24.8 Å². The highest BCUT2D eigenvalue weighted by Gasteiger charge is 2.22. The van der Waals surface area contributed by atoms with Crippen molar-refractivity contribution < 1.29 is 9.47 Å². The van der Waals surface area contributed by atoms with Crippen molar-refractivity contribution in [3.8, 4) is 11.5 Å². The lowest BCUT2D eigenvalue weighted by Crippen LogP contribution is -2.37. The monoisotopic (exact) mass is 490 g/mol. The molecule has 192 valence electrons. The van der Waals surface area contributed by atoms with Crippen molar-refractivity contribution in [1.82, 2.24) is 19.8 Å². The van der Waals surface area contributed by atoms with E-state index in [0.29, 0.717) is 24.1 Å². The highest BCUT2D eigenvalue weighted by Crippen LogP contribution is 2.36. The summed E-state index contributed by atoms with van der Waals surface area (Å²) in [5.74, 6) is 3.06. The molecule has 8 nitrogen and oxygen atoms in total. The molecular formula is C28H38N6O2. The van der Waals surface area contributed by atoms with Gasteiger partial charge in [0.05, 0.1) is 12.6 Å². The van der Waals surface area contributed by atoms with E-state index in [1.54, 1.807) is 7.11 Å². The van der Waals surface area contributed by atoms with Crippen molar-refractivity contribution in [1.29, 1.82) is 0 Å². The van der Waals surface area contributed by atoms with Crippen LogP contribution in [0.15, 0.2) is 42.5 Å². The van der Waals surface area contributed by atoms with Gasteiger partial charge in [-0.2, -0.15) is 4.98 Å². The Balaban J connectivity index is 1.50. The van der Waals surface area contributed by atoms with Gasteiger partial charge in [0.15, 0.2) is 11.5 Å². The van der Waals surface area contributed by atoms with E-state index in [-0.39, 0.29) is 0 Å². The maximum atomic E-state index is 6.21. The molecule has 5 rings (SSSR count). The van der Waals surface area contributed by atoms with Crippen molar-refractivity contribution in [3.63, 3.8) is 0 Å². The molecule has 0 bridgehead atoms. The fourth-order valence-electron chi connectivity index (χ4n) is 4.98. The van der Waals surface area contributed by atoms with Gasteiger partial charge < -0.3 is 29.5 Å². The molecule has 36 heavy (non-hydrogen) atoms. The van der Waals surface area contributed by atoms with Gasteiger partial charge >= 0.3 is 0 Å². The lowest BCUT2D eigenvalue weighted by molar-refractivity contribution is 0.263. The number of fused-ring (bicyclic) bond motifs is 1. The van der Waals surface area contributed by atoms with Crippen LogP contribution >= 0.6 is 0 Å². The van der Waals surface area contributed by atoms with Crippen LogP contribution in [0.4, 0.5) is 11.8 Å². The van der Waals surface area contributed by atoms with Crippen molar-refractivity contribution >= 4 is 22.7 Å². The predicted octanol–water partition coefficient (Wildman–Crippen LogP) is 3.87. The number of methoxy groups -OCH3 is 1. The minimum Gasteiger partial charge on any atom is -0.493 e. The minimum absolute atomic E-state index is 0.391. The zero-order valence-corrected chi connectivity index (χ0v) is 21.7. The predicted molar refractivity (Wildman–Crippen MR) is 145 cm³/mol. The molecule has 0 atom stereocenters. The van der Waals surface area contributed by atoms with Crippen LogP contribution in [-0.4, -0.2) is 86.3 Å². The third kappa shape index (κ3) is 5.82. The van der Waals surface area contributed by atoms with Gasteiger partial charge in [0, 0.05) is 37.1 Å². The number of anilines is 2. The van der Waals surface area contributed by atoms with Gasteiger partial charge in [-0.15, -0.1) is 0 Å². The van der Waals surface area contributed by atoms with Crippen LogP contribution in [-0.2, 0) is 6.61 Å². The summed E-state index contributed by atoms with van der Waals surface area (Å²) < 4.78 is 12.0. The summed E-state index contributed by atoms with van der Waals surface area (Å²) in [5.41, 5.74) is 1.98. The number of nitrogens with zero attached hydrogens (tertiary/aromatic N) is 5. The standard InChI is InChI=1S/C28H38N6O2/c1-32-12-7-13-34(17-16-32)28-30-24-19-26(36-20-21-8-5-4-6-9-21)25(35-3)18-23(24)27(31-28)29-22-10-14-33(2)15-11-22/h4-6,8-9,18-19,22H,7,10-17,20H2,1-3H3,(H,29,30,31). The lowest BCUT2D eigenvalue weighted by Gasteiger charge is -2.30. The summed E-state index contributed by atoms with van der Waals surface area (Å²) >= 11 is 0. The number of hydrogen-bond donors (Lipinski definition) is 1. The Morgan fingerprint density at radius 2 is 1.67 bits per heavy atom. The molecule has 3 heterocycles. The molecule has 8 heteroatoms. The molecule has 3 aromatic rings. The number of likely N-dealkylation sites (tertiary alicyclic amines) is 1. The van der Waals surface area contributed by atoms with Gasteiger partial charge in [0.2, 0.25) is 5.95 Å². The number of benzene rings is 2. The summed E-state index contributed by atoms with van der Waals surface area (Å²) in [6, 6.07) is 14.6. The maximum Gasteiger partial charge on any atom is 0.227 e. The van der Waals surface area contributed by atoms with Gasteiger partial charge in [0.25, 0.3) is 0 Å². The van der Waals surface area contributed by atoms with E-state index >= 15 is 0 Å². The Bertz CT molecular complexity index is 1150. The zero-order valence-electron chi connectivity index (χ0n) is 21.7. The first-order valence-corrected chi connectivity index (χ1v) is 13.0. The van der Waals surface area contributed by atoms with E-state index in [9.17, 15) is 0 Å². The number of aromatic nitrogens is 2. The number of hydrogen-bond acceptors (Lipinski definition) is 8. The Hall–Kier alpha value is -3.10. The molecule has 0 unspecified atom stereocenters. The fraction of sp³-hybridized carbons (Fsp3) is 0.500. The van der Waals surface area contributed by atoms with Crippen LogP contribution < -0.4 is 19.7 Å². The third-order valence-electron chi connectivity index (χ3n) is 7.27. The largest absolute Gasteiger partial charge is 0.493 e. The second-order valence-electron chi connectivity index (χ2n) is 10.0. The first-order chi connectivity index (χ1) is 17.6. The summed E-state index contributed by atoms with van der Waals surface area (Å²) in [6.45, 7) is 6.63. The molecular weight excluding hydrogens is 452 g/mol. The highest BCUT2D eigenvalue weighted by atomic mass is 16.5. The number of rotatable bonds is 7. The number of ether oxygens (including phenoxy) is 2. The van der Waals surface area contributed by atoms with Crippen LogP contribution in [0.3, 0.4) is 0 Å². The van der Waals surface area contributed by atoms with Crippen molar-refractivity contribution in [3.05, 3.63) is 48.0 Å². The summed E-state index contributed by atoms with van der Waals surface area (Å²) in [5, 5.41) is 4.73. The van der Waals surface area contributed by atoms with Crippen LogP contribution in [0.25, 0.3) is 10.9 Å². The smallest absolute Gasteiger partial charge is 0.227 e. The molecule has 0 aliphatic carbocycles. The van der Waals surface area contributed by atoms with E-state index in [4.69, 9.17) is 19.4 Å². The third-order valence-corrected chi connectivity index (χ3v) is 7.27. The van der Waals surface area contributed by atoms with Gasteiger partial charge in [-0.05, 0) is 64.6 Å². The van der Waals surface area contributed by atoms with Crippen LogP contribution in [0.2, 0.25) is 0 Å². The molecule has 0 amide bonds. The molecule has 0 radical (unpaired) electrons.